The van der Waals surface area contributed by atoms with Crippen LogP contribution in [-0.2, 0) is 7.05 Å². The summed E-state index contributed by atoms with van der Waals surface area (Å²) in [5.74, 6) is 0.928. The van der Waals surface area contributed by atoms with Crippen molar-refractivity contribution in [3.05, 3.63) is 6.33 Å². The van der Waals surface area contributed by atoms with Gasteiger partial charge in [-0.2, -0.15) is 0 Å². The molecule has 0 saturated carbocycles. The van der Waals surface area contributed by atoms with Crippen molar-refractivity contribution in [2.45, 2.75) is 37.5 Å². The summed E-state index contributed by atoms with van der Waals surface area (Å²) in [5, 5.41) is 21.2. The number of nitrogens with zero attached hydrogens (tertiary/aromatic N) is 3. The molecule has 0 saturated heterocycles. The molecule has 0 aliphatic rings. The van der Waals surface area contributed by atoms with Crippen LogP contribution in [0.25, 0.3) is 0 Å². The molecule has 0 spiro atoms. The van der Waals surface area contributed by atoms with Gasteiger partial charge in [-0.05, 0) is 6.42 Å². The molecular weight excluding hydrogens is 224 g/mol. The number of nitrogens with one attached hydrogen (secondary N) is 1. The summed E-state index contributed by atoms with van der Waals surface area (Å²) in [6.45, 7) is 4.34. The van der Waals surface area contributed by atoms with E-state index in [9.17, 15) is 5.11 Å². The van der Waals surface area contributed by atoms with Gasteiger partial charge in [0.1, 0.15) is 6.33 Å². The second-order valence-electron chi connectivity index (χ2n) is 4.06. The van der Waals surface area contributed by atoms with Crippen molar-refractivity contribution < 1.29 is 5.11 Å². The molecule has 92 valence electrons. The van der Waals surface area contributed by atoms with Gasteiger partial charge in [-0.15, -0.1) is 10.2 Å². The van der Waals surface area contributed by atoms with Crippen LogP contribution in [0, 0.1) is 0 Å². The standard InChI is InChI=1S/C10H20N4OS/c1-8(2)12-9(6-15)4-5-16-10-13-11-7-14(10)3/h7-9,12,15H,4-6H2,1-3H3. The van der Waals surface area contributed by atoms with E-state index in [4.69, 9.17) is 0 Å². The molecule has 0 aromatic carbocycles. The second kappa shape index (κ2) is 6.88. The maximum absolute atomic E-state index is 9.18. The summed E-state index contributed by atoms with van der Waals surface area (Å²) < 4.78 is 1.90. The highest BCUT2D eigenvalue weighted by Gasteiger charge is 2.09. The number of thioether (sulfide) groups is 1. The van der Waals surface area contributed by atoms with Gasteiger partial charge in [0.15, 0.2) is 5.16 Å². The van der Waals surface area contributed by atoms with Crippen LogP contribution in [0.4, 0.5) is 0 Å². The Bertz CT molecular complexity index is 303. The minimum atomic E-state index is 0.167. The third kappa shape index (κ3) is 4.51. The van der Waals surface area contributed by atoms with Crippen molar-refractivity contribution in [3.63, 3.8) is 0 Å². The van der Waals surface area contributed by atoms with Crippen molar-refractivity contribution in [1.82, 2.24) is 20.1 Å². The molecule has 0 fully saturated rings. The van der Waals surface area contributed by atoms with E-state index in [1.807, 2.05) is 11.6 Å². The molecule has 6 heteroatoms. The van der Waals surface area contributed by atoms with E-state index in [2.05, 4.69) is 29.4 Å². The molecule has 5 nitrogen and oxygen atoms in total. The fourth-order valence-electron chi connectivity index (χ4n) is 1.39. The zero-order valence-corrected chi connectivity index (χ0v) is 10.9. The largest absolute Gasteiger partial charge is 0.395 e. The van der Waals surface area contributed by atoms with Crippen molar-refractivity contribution in [1.29, 1.82) is 0 Å². The van der Waals surface area contributed by atoms with Crippen LogP contribution in [0.15, 0.2) is 11.5 Å². The smallest absolute Gasteiger partial charge is 0.190 e. The van der Waals surface area contributed by atoms with Gasteiger partial charge in [0.2, 0.25) is 0 Å². The Morgan fingerprint density at radius 1 is 1.56 bits per heavy atom. The summed E-state index contributed by atoms with van der Waals surface area (Å²) in [6, 6.07) is 0.567. The van der Waals surface area contributed by atoms with Crippen LogP contribution in [-0.4, -0.2) is 44.3 Å². The molecule has 1 aromatic heterocycles. The van der Waals surface area contributed by atoms with Gasteiger partial charge in [-0.25, -0.2) is 0 Å². The van der Waals surface area contributed by atoms with Gasteiger partial charge < -0.3 is 15.0 Å². The zero-order valence-electron chi connectivity index (χ0n) is 10.1. The summed E-state index contributed by atoms with van der Waals surface area (Å²) in [6.07, 6.45) is 2.62. The fraction of sp³-hybridized carbons (Fsp3) is 0.800. The molecule has 0 bridgehead atoms. The van der Waals surface area contributed by atoms with E-state index in [-0.39, 0.29) is 12.6 Å². The van der Waals surface area contributed by atoms with Gasteiger partial charge in [0, 0.05) is 24.9 Å². The predicted molar refractivity (Wildman–Crippen MR) is 65.5 cm³/mol. The molecule has 0 amide bonds. The Morgan fingerprint density at radius 3 is 2.81 bits per heavy atom. The molecule has 2 N–H and O–H groups in total. The van der Waals surface area contributed by atoms with Crippen LogP contribution in [0.1, 0.15) is 20.3 Å². The third-order valence-corrected chi connectivity index (χ3v) is 3.22. The average molecular weight is 244 g/mol. The SMILES string of the molecule is CC(C)NC(CO)CCSc1nncn1C. The number of hydrogen-bond donors (Lipinski definition) is 2. The van der Waals surface area contributed by atoms with E-state index < -0.39 is 0 Å². The molecule has 1 unspecified atom stereocenters. The van der Waals surface area contributed by atoms with Gasteiger partial charge in [-0.1, -0.05) is 25.6 Å². The lowest BCUT2D eigenvalue weighted by molar-refractivity contribution is 0.232. The minimum Gasteiger partial charge on any atom is -0.395 e. The number of rotatable bonds is 7. The summed E-state index contributed by atoms with van der Waals surface area (Å²) in [7, 11) is 1.93. The fourth-order valence-corrected chi connectivity index (χ4v) is 2.34. The first-order valence-electron chi connectivity index (χ1n) is 5.47. The lowest BCUT2D eigenvalue weighted by atomic mass is 10.2. The maximum atomic E-state index is 9.18. The van der Waals surface area contributed by atoms with E-state index in [1.54, 1.807) is 18.1 Å². The quantitative estimate of drug-likeness (QED) is 0.690. The molecule has 1 aromatic rings. The summed E-state index contributed by atoms with van der Waals surface area (Å²) in [5.41, 5.74) is 0. The molecule has 16 heavy (non-hydrogen) atoms. The van der Waals surface area contributed by atoms with Crippen molar-refractivity contribution >= 4 is 11.8 Å². The first-order chi connectivity index (χ1) is 7.63. The zero-order chi connectivity index (χ0) is 12.0. The van der Waals surface area contributed by atoms with E-state index in [0.717, 1.165) is 17.3 Å². The Morgan fingerprint density at radius 2 is 2.31 bits per heavy atom. The van der Waals surface area contributed by atoms with E-state index in [1.165, 1.54) is 0 Å². The number of aliphatic hydroxyl groups excluding tert-OH is 1. The predicted octanol–water partition coefficient (Wildman–Crippen LogP) is 0.656. The highest BCUT2D eigenvalue weighted by Crippen LogP contribution is 2.15. The lowest BCUT2D eigenvalue weighted by Gasteiger charge is -2.18. The first kappa shape index (κ1) is 13.5. The Balaban J connectivity index is 2.26. The average Bonchev–Trinajstić information content (AvgIpc) is 2.62. The molecule has 0 aliphatic heterocycles. The molecule has 1 atom stereocenters. The van der Waals surface area contributed by atoms with Crippen LogP contribution in [0.3, 0.4) is 0 Å². The number of aryl methyl sites for hydroxylation is 1. The Kier molecular flexibility index (Phi) is 5.79. The van der Waals surface area contributed by atoms with Crippen LogP contribution in [0.2, 0.25) is 0 Å². The summed E-state index contributed by atoms with van der Waals surface area (Å²) in [4.78, 5) is 0. The highest BCUT2D eigenvalue weighted by molar-refractivity contribution is 7.99. The number of aliphatic hydroxyl groups is 1. The van der Waals surface area contributed by atoms with Crippen molar-refractivity contribution in [2.24, 2.45) is 7.05 Å². The second-order valence-corrected chi connectivity index (χ2v) is 5.12. The monoisotopic (exact) mass is 244 g/mol. The van der Waals surface area contributed by atoms with E-state index in [0.29, 0.717) is 6.04 Å². The first-order valence-corrected chi connectivity index (χ1v) is 6.45. The highest BCUT2D eigenvalue weighted by atomic mass is 32.2. The van der Waals surface area contributed by atoms with Crippen molar-refractivity contribution in [2.75, 3.05) is 12.4 Å². The molecule has 1 heterocycles. The van der Waals surface area contributed by atoms with Crippen LogP contribution >= 0.6 is 11.8 Å². The van der Waals surface area contributed by atoms with Crippen molar-refractivity contribution in [3.8, 4) is 0 Å². The van der Waals surface area contributed by atoms with Crippen LogP contribution < -0.4 is 5.32 Å². The molecule has 0 radical (unpaired) electrons. The van der Waals surface area contributed by atoms with Gasteiger partial charge in [-0.3, -0.25) is 0 Å². The molecule has 1 rings (SSSR count). The molecule has 0 aliphatic carbocycles. The Labute approximate surface area is 101 Å². The lowest BCUT2D eigenvalue weighted by Crippen LogP contribution is -2.37. The molecular formula is C10H20N4OS. The summed E-state index contributed by atoms with van der Waals surface area (Å²) >= 11 is 1.66. The minimum absolute atomic E-state index is 0.167. The normalized spacial score (nSPS) is 13.3. The van der Waals surface area contributed by atoms with Gasteiger partial charge >= 0.3 is 0 Å². The third-order valence-electron chi connectivity index (χ3n) is 2.16. The topological polar surface area (TPSA) is 63.0 Å². The number of aromatic nitrogens is 3. The number of hydrogen-bond acceptors (Lipinski definition) is 5. The van der Waals surface area contributed by atoms with E-state index >= 15 is 0 Å². The Hall–Kier alpha value is -0.590. The van der Waals surface area contributed by atoms with Crippen LogP contribution in [0.5, 0.6) is 0 Å². The van der Waals surface area contributed by atoms with Gasteiger partial charge in [0.05, 0.1) is 6.61 Å². The van der Waals surface area contributed by atoms with Gasteiger partial charge in [0.25, 0.3) is 0 Å². The maximum Gasteiger partial charge on any atom is 0.190 e.